The van der Waals surface area contributed by atoms with Gasteiger partial charge >= 0.3 is 0 Å². The molecule has 6 heterocycles. The summed E-state index contributed by atoms with van der Waals surface area (Å²) in [7, 11) is 0. The number of nitrogens with zero attached hydrogens (tertiary/aromatic N) is 6. The number of hydrogen-bond acceptors (Lipinski definition) is 4. The van der Waals surface area contributed by atoms with Crippen molar-refractivity contribution in [1.82, 2.24) is 29.1 Å². The Morgan fingerprint density at radius 1 is 0.176 bits per heavy atom. The van der Waals surface area contributed by atoms with E-state index in [0.29, 0.717) is 0 Å². The van der Waals surface area contributed by atoms with Crippen molar-refractivity contribution in [1.29, 1.82) is 0 Å². The normalized spacial score (nSPS) is 11.7. The molecular weight excluding hydrogens is 1240 g/mol. The zero-order valence-electron chi connectivity index (χ0n) is 55.3. The number of hydrogen-bond donors (Lipinski definition) is 0. The van der Waals surface area contributed by atoms with Crippen molar-refractivity contribution in [3.05, 3.63) is 364 Å². The number of para-hydroxylation sites is 6. The maximum Gasteiger partial charge on any atom is 0.0978 e. The molecule has 0 unspecified atom stereocenters. The standard InChI is InChI=1S/C50H31N3.C46H29N3/c1-2-11-32(12-3-1)48-42-17-4-7-18-45(42)52-50-43(48)27-25-33-26-28-44(51-49(33)50)38-24-23-36-29-35(21-22-37(36)30-38)34-13-10-14-39(31-34)53-46-19-8-5-15-40(46)41-16-6-9-20-47(41)53;1-2-11-32(12-3-1)44-38-17-4-7-18-41(38)48-46-39(44)27-25-33-26-28-40(47-45(33)46)31-23-21-30(22-24-31)34-13-10-14-35(29-34)49-42-19-8-5-15-36(42)37-16-6-9-20-43(37)49/h1-31H;1-29H. The maximum absolute atomic E-state index is 5.30. The smallest absolute Gasteiger partial charge is 0.0978 e. The van der Waals surface area contributed by atoms with E-state index in [1.807, 2.05) is 0 Å². The first-order valence-electron chi connectivity index (χ1n) is 34.7. The fourth-order valence-corrected chi connectivity index (χ4v) is 15.7. The summed E-state index contributed by atoms with van der Waals surface area (Å²) in [6, 6.07) is 130. The Morgan fingerprint density at radius 2 is 0.510 bits per heavy atom. The predicted molar refractivity (Wildman–Crippen MR) is 428 cm³/mol. The third-order valence-electron chi connectivity index (χ3n) is 20.5. The summed E-state index contributed by atoms with van der Waals surface area (Å²) in [6.07, 6.45) is 0. The minimum absolute atomic E-state index is 0.917. The van der Waals surface area contributed by atoms with Gasteiger partial charge in [0.05, 0.1) is 66.6 Å². The zero-order valence-corrected chi connectivity index (χ0v) is 55.3. The highest BCUT2D eigenvalue weighted by Crippen LogP contribution is 2.42. The lowest BCUT2D eigenvalue weighted by Gasteiger charge is -2.13. The lowest BCUT2D eigenvalue weighted by molar-refractivity contribution is 1.18. The van der Waals surface area contributed by atoms with Gasteiger partial charge < -0.3 is 9.13 Å². The minimum atomic E-state index is 0.917. The summed E-state index contributed by atoms with van der Waals surface area (Å²) in [4.78, 5) is 20.9. The Balaban J connectivity index is 0.000000137. The molecule has 21 rings (SSSR count). The van der Waals surface area contributed by atoms with Gasteiger partial charge in [0, 0.05) is 87.5 Å². The topological polar surface area (TPSA) is 61.4 Å². The molecule has 0 N–H and O–H groups in total. The van der Waals surface area contributed by atoms with E-state index >= 15 is 0 Å². The first-order valence-corrected chi connectivity index (χ1v) is 34.7. The van der Waals surface area contributed by atoms with Crippen LogP contribution in [0.2, 0.25) is 0 Å². The highest BCUT2D eigenvalue weighted by molar-refractivity contribution is 6.18. The molecule has 0 aliphatic rings. The van der Waals surface area contributed by atoms with Crippen molar-refractivity contribution in [2.45, 2.75) is 0 Å². The Hall–Kier alpha value is -13.7. The highest BCUT2D eigenvalue weighted by Gasteiger charge is 2.20. The summed E-state index contributed by atoms with van der Waals surface area (Å²) in [5, 5.41) is 14.1. The lowest BCUT2D eigenvalue weighted by atomic mass is 9.95. The van der Waals surface area contributed by atoms with Crippen molar-refractivity contribution < 1.29 is 0 Å². The number of pyridine rings is 4. The van der Waals surface area contributed by atoms with Crippen molar-refractivity contribution in [3.8, 4) is 78.4 Å². The van der Waals surface area contributed by atoms with Crippen LogP contribution in [0.15, 0.2) is 364 Å². The van der Waals surface area contributed by atoms with Crippen LogP contribution in [0, 0.1) is 0 Å². The van der Waals surface area contributed by atoms with Gasteiger partial charge in [-0.2, -0.15) is 0 Å². The summed E-state index contributed by atoms with van der Waals surface area (Å²) >= 11 is 0. The molecule has 474 valence electrons. The van der Waals surface area contributed by atoms with E-state index in [0.717, 1.165) is 99.3 Å². The van der Waals surface area contributed by atoms with Crippen LogP contribution >= 0.6 is 0 Å². The fourth-order valence-electron chi connectivity index (χ4n) is 15.7. The molecule has 0 radical (unpaired) electrons. The predicted octanol–water partition coefficient (Wildman–Crippen LogP) is 25.2. The van der Waals surface area contributed by atoms with Gasteiger partial charge in [-0.15, -0.1) is 0 Å². The van der Waals surface area contributed by atoms with Gasteiger partial charge in [0.1, 0.15) is 0 Å². The van der Waals surface area contributed by atoms with Gasteiger partial charge in [0.15, 0.2) is 0 Å². The van der Waals surface area contributed by atoms with E-state index in [-0.39, 0.29) is 0 Å². The monoisotopic (exact) mass is 1300 g/mol. The molecule has 6 heteroatoms. The van der Waals surface area contributed by atoms with Crippen LogP contribution in [0.1, 0.15) is 0 Å². The second kappa shape index (κ2) is 24.1. The quantitative estimate of drug-likeness (QED) is 0.112. The van der Waals surface area contributed by atoms with Gasteiger partial charge in [0.25, 0.3) is 0 Å². The molecule has 0 spiro atoms. The Kier molecular flexibility index (Phi) is 13.8. The zero-order chi connectivity index (χ0) is 67.2. The molecule has 15 aromatic carbocycles. The van der Waals surface area contributed by atoms with E-state index in [4.69, 9.17) is 19.9 Å². The third-order valence-corrected chi connectivity index (χ3v) is 20.5. The molecule has 21 aromatic rings. The van der Waals surface area contributed by atoms with Crippen LogP contribution in [0.4, 0.5) is 0 Å². The largest absolute Gasteiger partial charge is 0.309 e. The Morgan fingerprint density at radius 3 is 0.980 bits per heavy atom. The van der Waals surface area contributed by atoms with Gasteiger partial charge in [-0.3, -0.25) is 0 Å². The van der Waals surface area contributed by atoms with Crippen molar-refractivity contribution in [2.75, 3.05) is 0 Å². The first kappa shape index (κ1) is 58.5. The van der Waals surface area contributed by atoms with Crippen LogP contribution in [0.3, 0.4) is 0 Å². The van der Waals surface area contributed by atoms with Crippen LogP contribution in [-0.4, -0.2) is 29.1 Å². The lowest BCUT2D eigenvalue weighted by Crippen LogP contribution is -1.94. The molecule has 0 fully saturated rings. The first-order chi connectivity index (χ1) is 50.6. The molecule has 0 bridgehead atoms. The third kappa shape index (κ3) is 9.87. The molecular formula is C96H60N6. The highest BCUT2D eigenvalue weighted by atomic mass is 15.0. The van der Waals surface area contributed by atoms with E-state index in [1.165, 1.54) is 98.9 Å². The molecule has 102 heavy (non-hydrogen) atoms. The van der Waals surface area contributed by atoms with Gasteiger partial charge in [0.2, 0.25) is 0 Å². The van der Waals surface area contributed by atoms with Crippen LogP contribution in [-0.2, 0) is 0 Å². The minimum Gasteiger partial charge on any atom is -0.309 e. The average Bonchev–Trinajstić information content (AvgIpc) is 1.00. The van der Waals surface area contributed by atoms with Gasteiger partial charge in [-0.05, 0) is 129 Å². The fraction of sp³-hybridized carbons (Fsp3) is 0. The van der Waals surface area contributed by atoms with E-state index < -0.39 is 0 Å². The van der Waals surface area contributed by atoms with Gasteiger partial charge in [-0.25, -0.2) is 19.9 Å². The van der Waals surface area contributed by atoms with Crippen molar-refractivity contribution in [2.24, 2.45) is 0 Å². The Bertz CT molecular complexity index is 6830. The maximum atomic E-state index is 5.30. The molecule has 6 aromatic heterocycles. The van der Waals surface area contributed by atoms with Crippen LogP contribution in [0.25, 0.3) is 198 Å². The SMILES string of the molecule is c1ccc(-c2c3ccccc3nc3c2ccc2ccc(-c4ccc(-c5cccc(-n6c7ccccc7c7ccccc76)c5)cc4)nc23)cc1.c1ccc(-c2c3ccccc3nc3c2ccc2ccc(-c4ccc5cc(-c6cccc(-n7c8ccccc8c8ccccc87)c6)ccc5c4)nc23)cc1. The Labute approximate surface area is 587 Å². The molecule has 6 nitrogen and oxygen atoms in total. The molecule has 0 saturated carbocycles. The number of benzene rings is 15. The van der Waals surface area contributed by atoms with Crippen LogP contribution in [0.5, 0.6) is 0 Å². The second-order valence-electron chi connectivity index (χ2n) is 26.4. The second-order valence-corrected chi connectivity index (χ2v) is 26.4. The molecule has 0 atom stereocenters. The van der Waals surface area contributed by atoms with Crippen molar-refractivity contribution in [3.63, 3.8) is 0 Å². The average molecular weight is 1300 g/mol. The van der Waals surface area contributed by atoms with Gasteiger partial charge in [-0.1, -0.05) is 279 Å². The number of aromatic nitrogens is 6. The summed E-state index contributed by atoms with van der Waals surface area (Å²) < 4.78 is 4.74. The van der Waals surface area contributed by atoms with Crippen LogP contribution < -0.4 is 0 Å². The van der Waals surface area contributed by atoms with E-state index in [1.54, 1.807) is 0 Å². The molecule has 0 saturated heterocycles. The van der Waals surface area contributed by atoms with Crippen molar-refractivity contribution >= 4 is 120 Å². The summed E-state index contributed by atoms with van der Waals surface area (Å²) in [6.45, 7) is 0. The molecule has 0 aliphatic carbocycles. The number of fused-ring (bicyclic) bond motifs is 15. The summed E-state index contributed by atoms with van der Waals surface area (Å²) in [5.74, 6) is 0. The summed E-state index contributed by atoms with van der Waals surface area (Å²) in [5.41, 5.74) is 26.3. The molecule has 0 amide bonds. The number of rotatable bonds is 8. The van der Waals surface area contributed by atoms with E-state index in [9.17, 15) is 0 Å². The van der Waals surface area contributed by atoms with E-state index in [2.05, 4.69) is 373 Å². The molecule has 0 aliphatic heterocycles.